The van der Waals surface area contributed by atoms with E-state index in [1.807, 2.05) is 6.07 Å². The topological polar surface area (TPSA) is 99.5 Å². The molecule has 2 rings (SSSR count). The maximum Gasteiger partial charge on any atom is 0.262 e. The molecule has 27 heavy (non-hydrogen) atoms. The summed E-state index contributed by atoms with van der Waals surface area (Å²) in [6.45, 7) is 4.11. The Hall–Kier alpha value is -2.89. The fourth-order valence-corrected chi connectivity index (χ4v) is 3.89. The van der Waals surface area contributed by atoms with E-state index in [2.05, 4.69) is 5.32 Å². The van der Waals surface area contributed by atoms with E-state index >= 15 is 0 Å². The molecule has 0 radical (unpaired) electrons. The molecule has 142 valence electrons. The van der Waals surface area contributed by atoms with Crippen molar-refractivity contribution in [2.75, 3.05) is 25.0 Å². The first-order valence-electron chi connectivity index (χ1n) is 8.43. The zero-order valence-corrected chi connectivity index (χ0v) is 16.0. The van der Waals surface area contributed by atoms with Crippen LogP contribution in [0.4, 0.5) is 5.69 Å². The van der Waals surface area contributed by atoms with E-state index < -0.39 is 10.0 Å². The number of rotatable bonds is 8. The van der Waals surface area contributed by atoms with Crippen LogP contribution < -0.4 is 10.1 Å². The maximum absolute atomic E-state index is 12.4. The third-order valence-corrected chi connectivity index (χ3v) is 5.88. The van der Waals surface area contributed by atoms with E-state index in [1.165, 1.54) is 28.6 Å². The number of sulfonamides is 1. The third kappa shape index (κ3) is 5.29. The molecule has 2 aromatic rings. The molecule has 0 saturated carbocycles. The van der Waals surface area contributed by atoms with Crippen molar-refractivity contribution in [3.05, 3.63) is 54.1 Å². The average Bonchev–Trinajstić information content (AvgIpc) is 2.67. The second kappa shape index (κ2) is 9.16. The van der Waals surface area contributed by atoms with Crippen LogP contribution in [0.15, 0.2) is 53.4 Å². The van der Waals surface area contributed by atoms with Crippen molar-refractivity contribution in [1.29, 1.82) is 5.26 Å². The summed E-state index contributed by atoms with van der Waals surface area (Å²) < 4.78 is 31.6. The van der Waals surface area contributed by atoms with Gasteiger partial charge in [0.15, 0.2) is 6.61 Å². The molecular weight excluding hydrogens is 366 g/mol. The van der Waals surface area contributed by atoms with Gasteiger partial charge in [-0.1, -0.05) is 19.9 Å². The maximum atomic E-state index is 12.4. The van der Waals surface area contributed by atoms with Gasteiger partial charge in [0.1, 0.15) is 5.75 Å². The number of hydrogen-bond donors (Lipinski definition) is 1. The highest BCUT2D eigenvalue weighted by Gasteiger charge is 2.21. The molecule has 0 saturated heterocycles. The van der Waals surface area contributed by atoms with Gasteiger partial charge in [0.2, 0.25) is 10.0 Å². The number of benzene rings is 2. The van der Waals surface area contributed by atoms with Crippen LogP contribution in [0, 0.1) is 11.3 Å². The number of carbonyl (C=O) groups is 1. The molecule has 0 atom stereocenters. The van der Waals surface area contributed by atoms with Crippen LogP contribution in [-0.2, 0) is 14.8 Å². The van der Waals surface area contributed by atoms with Gasteiger partial charge in [0.05, 0.1) is 16.5 Å². The third-order valence-electron chi connectivity index (χ3n) is 3.81. The van der Waals surface area contributed by atoms with Gasteiger partial charge < -0.3 is 10.1 Å². The van der Waals surface area contributed by atoms with Gasteiger partial charge in [-0.2, -0.15) is 9.57 Å². The van der Waals surface area contributed by atoms with Gasteiger partial charge in [-0.3, -0.25) is 4.79 Å². The smallest absolute Gasteiger partial charge is 0.262 e. The summed E-state index contributed by atoms with van der Waals surface area (Å²) in [5, 5.41) is 11.5. The molecule has 0 aliphatic rings. The number of hydrogen-bond acceptors (Lipinski definition) is 5. The Morgan fingerprint density at radius 2 is 1.81 bits per heavy atom. The second-order valence-corrected chi connectivity index (χ2v) is 7.53. The van der Waals surface area contributed by atoms with E-state index in [9.17, 15) is 13.2 Å². The molecule has 7 nitrogen and oxygen atoms in total. The zero-order valence-electron chi connectivity index (χ0n) is 15.2. The standard InChI is InChI=1S/C19H21N3O4S/c1-3-22(4-2)27(24,25)18-10-8-17(9-11-18)26-14-19(23)21-16-7-5-6-15(12-16)13-20/h5-12H,3-4,14H2,1-2H3,(H,21,23). The monoisotopic (exact) mass is 387 g/mol. The van der Waals surface area contributed by atoms with Crippen LogP contribution in [0.3, 0.4) is 0 Å². The summed E-state index contributed by atoms with van der Waals surface area (Å²) in [6.07, 6.45) is 0. The second-order valence-electron chi connectivity index (χ2n) is 5.59. The SMILES string of the molecule is CCN(CC)S(=O)(=O)c1ccc(OCC(=O)Nc2cccc(C#N)c2)cc1. The summed E-state index contributed by atoms with van der Waals surface area (Å²) in [5.41, 5.74) is 0.946. The van der Waals surface area contributed by atoms with Crippen molar-refractivity contribution in [1.82, 2.24) is 4.31 Å². The first kappa shape index (κ1) is 20.4. The van der Waals surface area contributed by atoms with Crippen LogP contribution in [0.25, 0.3) is 0 Å². The lowest BCUT2D eigenvalue weighted by atomic mass is 10.2. The molecule has 0 aliphatic heterocycles. The van der Waals surface area contributed by atoms with Gasteiger partial charge in [-0.15, -0.1) is 0 Å². The Morgan fingerprint density at radius 1 is 1.15 bits per heavy atom. The van der Waals surface area contributed by atoms with Crippen LogP contribution in [-0.4, -0.2) is 38.3 Å². The van der Waals surface area contributed by atoms with Gasteiger partial charge in [-0.05, 0) is 42.5 Å². The van der Waals surface area contributed by atoms with Gasteiger partial charge in [-0.25, -0.2) is 8.42 Å². The van der Waals surface area contributed by atoms with E-state index in [0.29, 0.717) is 30.1 Å². The highest BCUT2D eigenvalue weighted by atomic mass is 32.2. The first-order valence-corrected chi connectivity index (χ1v) is 9.87. The van der Waals surface area contributed by atoms with E-state index in [4.69, 9.17) is 10.00 Å². The number of nitrogens with one attached hydrogen (secondary N) is 1. The average molecular weight is 387 g/mol. The summed E-state index contributed by atoms with van der Waals surface area (Å²) in [5.74, 6) is -0.000600. The molecule has 0 spiro atoms. The minimum atomic E-state index is -3.52. The highest BCUT2D eigenvalue weighted by molar-refractivity contribution is 7.89. The van der Waals surface area contributed by atoms with E-state index in [-0.39, 0.29) is 17.4 Å². The van der Waals surface area contributed by atoms with Crippen LogP contribution in [0.2, 0.25) is 0 Å². The molecule has 8 heteroatoms. The summed E-state index contributed by atoms with van der Waals surface area (Å²) in [4.78, 5) is 12.1. The number of carbonyl (C=O) groups excluding carboxylic acids is 1. The van der Waals surface area contributed by atoms with Crippen molar-refractivity contribution in [3.8, 4) is 11.8 Å². The fraction of sp³-hybridized carbons (Fsp3) is 0.263. The summed E-state index contributed by atoms with van der Waals surface area (Å²) in [7, 11) is -3.52. The van der Waals surface area contributed by atoms with Gasteiger partial charge in [0.25, 0.3) is 5.91 Å². The number of nitriles is 1. The molecule has 0 unspecified atom stereocenters. The van der Waals surface area contributed by atoms with Crippen LogP contribution >= 0.6 is 0 Å². The lowest BCUT2D eigenvalue weighted by Crippen LogP contribution is -2.30. The lowest BCUT2D eigenvalue weighted by Gasteiger charge is -2.18. The Morgan fingerprint density at radius 3 is 2.41 bits per heavy atom. The Labute approximate surface area is 159 Å². The predicted molar refractivity (Wildman–Crippen MR) is 102 cm³/mol. The Bertz CT molecular complexity index is 930. The van der Waals surface area contributed by atoms with Crippen molar-refractivity contribution < 1.29 is 17.9 Å². The fourth-order valence-electron chi connectivity index (χ4n) is 2.43. The molecule has 0 aliphatic carbocycles. The minimum absolute atomic E-state index is 0.177. The van der Waals surface area contributed by atoms with Crippen LogP contribution in [0.5, 0.6) is 5.75 Å². The summed E-state index contributed by atoms with van der Waals surface area (Å²) in [6, 6.07) is 14.5. The highest BCUT2D eigenvalue weighted by Crippen LogP contribution is 2.19. The van der Waals surface area contributed by atoms with Crippen molar-refractivity contribution in [2.45, 2.75) is 18.7 Å². The number of ether oxygens (including phenoxy) is 1. The van der Waals surface area contributed by atoms with E-state index in [0.717, 1.165) is 0 Å². The lowest BCUT2D eigenvalue weighted by molar-refractivity contribution is -0.118. The summed E-state index contributed by atoms with van der Waals surface area (Å²) >= 11 is 0. The molecule has 0 aromatic heterocycles. The molecule has 0 heterocycles. The number of anilines is 1. The Balaban J connectivity index is 1.96. The molecule has 0 fully saturated rings. The molecular formula is C19H21N3O4S. The van der Waals surface area contributed by atoms with Gasteiger partial charge >= 0.3 is 0 Å². The number of nitrogens with zero attached hydrogens (tertiary/aromatic N) is 2. The molecule has 2 aromatic carbocycles. The van der Waals surface area contributed by atoms with Crippen molar-refractivity contribution in [3.63, 3.8) is 0 Å². The molecule has 1 amide bonds. The molecule has 1 N–H and O–H groups in total. The number of amides is 1. The largest absolute Gasteiger partial charge is 0.484 e. The minimum Gasteiger partial charge on any atom is -0.484 e. The first-order chi connectivity index (χ1) is 12.9. The normalized spacial score (nSPS) is 11.0. The van der Waals surface area contributed by atoms with Crippen molar-refractivity contribution in [2.24, 2.45) is 0 Å². The van der Waals surface area contributed by atoms with Crippen molar-refractivity contribution >= 4 is 21.6 Å². The van der Waals surface area contributed by atoms with E-state index in [1.54, 1.807) is 38.1 Å². The Kier molecular flexibility index (Phi) is 6.93. The van der Waals surface area contributed by atoms with Crippen LogP contribution in [0.1, 0.15) is 19.4 Å². The zero-order chi connectivity index (χ0) is 19.9. The molecule has 0 bridgehead atoms. The quantitative estimate of drug-likeness (QED) is 0.750. The predicted octanol–water partition coefficient (Wildman–Crippen LogP) is 2.61. The van der Waals surface area contributed by atoms with Gasteiger partial charge in [0, 0.05) is 18.8 Å².